The van der Waals surface area contributed by atoms with E-state index in [0.29, 0.717) is 23.7 Å². The molecule has 4 nitrogen and oxygen atoms in total. The lowest BCUT2D eigenvalue weighted by Gasteiger charge is -2.25. The van der Waals surface area contributed by atoms with E-state index in [1.54, 1.807) is 24.3 Å². The highest BCUT2D eigenvalue weighted by Crippen LogP contribution is 2.20. The summed E-state index contributed by atoms with van der Waals surface area (Å²) in [5.41, 5.74) is 0.507. The third-order valence-electron chi connectivity index (χ3n) is 2.81. The van der Waals surface area contributed by atoms with Crippen LogP contribution in [0.4, 0.5) is 10.5 Å². The average Bonchev–Trinajstić information content (AvgIpc) is 2.31. The second-order valence-electron chi connectivity index (χ2n) is 5.56. The molecule has 19 heavy (non-hydrogen) atoms. The number of amides is 2. The number of carbonyl (C=O) groups excluding carboxylic acids is 1. The number of hydrogen-bond donors (Lipinski definition) is 3. The van der Waals surface area contributed by atoms with E-state index in [0.717, 1.165) is 0 Å². The summed E-state index contributed by atoms with van der Waals surface area (Å²) in [5.74, 6) is 0. The standard InChI is InChI=1S/C14H21ClN2O2/c1-14(2,3)12(18)8-9-16-13(19)17-11-6-4-10(15)5-7-11/h4-7,12,18H,8-9H2,1-3H3,(H2,16,17,19). The molecular formula is C14H21ClN2O2. The van der Waals surface area contributed by atoms with Gasteiger partial charge in [-0.05, 0) is 36.1 Å². The minimum atomic E-state index is -0.441. The summed E-state index contributed by atoms with van der Waals surface area (Å²) in [7, 11) is 0. The Hall–Kier alpha value is -1.26. The molecular weight excluding hydrogens is 264 g/mol. The van der Waals surface area contributed by atoms with Gasteiger partial charge in [-0.25, -0.2) is 4.79 Å². The van der Waals surface area contributed by atoms with Crippen molar-refractivity contribution >= 4 is 23.3 Å². The molecule has 1 aromatic rings. The molecule has 1 unspecified atom stereocenters. The summed E-state index contributed by atoms with van der Waals surface area (Å²) in [5, 5.41) is 15.9. The van der Waals surface area contributed by atoms with Gasteiger partial charge in [0.25, 0.3) is 0 Å². The molecule has 0 radical (unpaired) electrons. The Labute approximate surface area is 119 Å². The number of nitrogens with one attached hydrogen (secondary N) is 2. The van der Waals surface area contributed by atoms with Gasteiger partial charge in [0.15, 0.2) is 0 Å². The maximum Gasteiger partial charge on any atom is 0.319 e. The molecule has 106 valence electrons. The Bertz CT molecular complexity index is 412. The van der Waals surface area contributed by atoms with Crippen LogP contribution < -0.4 is 10.6 Å². The molecule has 0 aromatic heterocycles. The number of aliphatic hydroxyl groups excluding tert-OH is 1. The molecule has 0 heterocycles. The van der Waals surface area contributed by atoms with E-state index in [9.17, 15) is 9.90 Å². The molecule has 2 amide bonds. The summed E-state index contributed by atoms with van der Waals surface area (Å²) < 4.78 is 0. The number of urea groups is 1. The Kier molecular flexibility index (Phi) is 5.63. The number of hydrogen-bond acceptors (Lipinski definition) is 2. The highest BCUT2D eigenvalue weighted by atomic mass is 35.5. The van der Waals surface area contributed by atoms with Crippen LogP contribution in [0.3, 0.4) is 0 Å². The van der Waals surface area contributed by atoms with Crippen LogP contribution in [0, 0.1) is 5.41 Å². The second-order valence-corrected chi connectivity index (χ2v) is 5.99. The maximum atomic E-state index is 11.6. The molecule has 0 spiro atoms. The average molecular weight is 285 g/mol. The largest absolute Gasteiger partial charge is 0.393 e. The van der Waals surface area contributed by atoms with Crippen molar-refractivity contribution in [3.05, 3.63) is 29.3 Å². The molecule has 0 saturated carbocycles. The lowest BCUT2D eigenvalue weighted by atomic mass is 9.87. The fourth-order valence-electron chi connectivity index (χ4n) is 1.46. The number of benzene rings is 1. The Morgan fingerprint density at radius 2 is 1.89 bits per heavy atom. The number of rotatable bonds is 4. The van der Waals surface area contributed by atoms with Crippen molar-refractivity contribution in [1.29, 1.82) is 0 Å². The topological polar surface area (TPSA) is 61.4 Å². The Morgan fingerprint density at radius 1 is 1.32 bits per heavy atom. The quantitative estimate of drug-likeness (QED) is 0.795. The van der Waals surface area contributed by atoms with Gasteiger partial charge >= 0.3 is 6.03 Å². The number of aliphatic hydroxyl groups is 1. The summed E-state index contributed by atoms with van der Waals surface area (Å²) >= 11 is 5.75. The van der Waals surface area contributed by atoms with E-state index in [-0.39, 0.29) is 11.4 Å². The predicted molar refractivity (Wildman–Crippen MR) is 78.6 cm³/mol. The molecule has 0 fully saturated rings. The predicted octanol–water partition coefficient (Wildman–Crippen LogP) is 3.26. The zero-order chi connectivity index (χ0) is 14.5. The molecule has 0 aliphatic heterocycles. The molecule has 0 aliphatic carbocycles. The van der Waals surface area contributed by atoms with Crippen LogP contribution in [0.5, 0.6) is 0 Å². The highest BCUT2D eigenvalue weighted by Gasteiger charge is 2.21. The van der Waals surface area contributed by atoms with E-state index in [2.05, 4.69) is 10.6 Å². The van der Waals surface area contributed by atoms with Crippen molar-refractivity contribution in [3.8, 4) is 0 Å². The van der Waals surface area contributed by atoms with Gasteiger partial charge in [0, 0.05) is 17.3 Å². The van der Waals surface area contributed by atoms with Crippen LogP contribution in [-0.2, 0) is 0 Å². The summed E-state index contributed by atoms with van der Waals surface area (Å²) in [6, 6.07) is 6.59. The first-order valence-corrected chi connectivity index (χ1v) is 6.65. The molecule has 0 saturated heterocycles. The second kappa shape index (κ2) is 6.78. The zero-order valence-corrected chi connectivity index (χ0v) is 12.3. The smallest absolute Gasteiger partial charge is 0.319 e. The van der Waals surface area contributed by atoms with Crippen LogP contribution >= 0.6 is 11.6 Å². The van der Waals surface area contributed by atoms with E-state index >= 15 is 0 Å². The minimum absolute atomic E-state index is 0.172. The third kappa shape index (κ3) is 5.94. The number of anilines is 1. The van der Waals surface area contributed by atoms with E-state index in [4.69, 9.17) is 11.6 Å². The van der Waals surface area contributed by atoms with Crippen LogP contribution in [0.2, 0.25) is 5.02 Å². The van der Waals surface area contributed by atoms with Gasteiger partial charge < -0.3 is 15.7 Å². The van der Waals surface area contributed by atoms with E-state index < -0.39 is 6.10 Å². The lowest BCUT2D eigenvalue weighted by molar-refractivity contribution is 0.0565. The summed E-state index contributed by atoms with van der Waals surface area (Å²) in [6.45, 7) is 6.32. The van der Waals surface area contributed by atoms with Gasteiger partial charge in [-0.15, -0.1) is 0 Å². The van der Waals surface area contributed by atoms with E-state index in [1.165, 1.54) is 0 Å². The van der Waals surface area contributed by atoms with Crippen molar-refractivity contribution in [2.45, 2.75) is 33.3 Å². The highest BCUT2D eigenvalue weighted by molar-refractivity contribution is 6.30. The Balaban J connectivity index is 2.31. The van der Waals surface area contributed by atoms with Crippen LogP contribution in [0.15, 0.2) is 24.3 Å². The first kappa shape index (κ1) is 15.8. The van der Waals surface area contributed by atoms with Crippen LogP contribution in [0.1, 0.15) is 27.2 Å². The fourth-order valence-corrected chi connectivity index (χ4v) is 1.59. The van der Waals surface area contributed by atoms with Crippen molar-refractivity contribution < 1.29 is 9.90 Å². The normalized spacial score (nSPS) is 12.9. The minimum Gasteiger partial charge on any atom is -0.393 e. The Morgan fingerprint density at radius 3 is 2.42 bits per heavy atom. The molecule has 1 rings (SSSR count). The summed E-state index contributed by atoms with van der Waals surface area (Å²) in [4.78, 5) is 11.6. The SMILES string of the molecule is CC(C)(C)C(O)CCNC(=O)Nc1ccc(Cl)cc1. The van der Waals surface area contributed by atoms with Gasteiger partial charge in [0.2, 0.25) is 0 Å². The van der Waals surface area contributed by atoms with Crippen molar-refractivity contribution in [2.24, 2.45) is 5.41 Å². The molecule has 1 atom stereocenters. The van der Waals surface area contributed by atoms with Gasteiger partial charge in [0.1, 0.15) is 0 Å². The van der Waals surface area contributed by atoms with Crippen LogP contribution in [0.25, 0.3) is 0 Å². The van der Waals surface area contributed by atoms with Gasteiger partial charge in [0.05, 0.1) is 6.10 Å². The third-order valence-corrected chi connectivity index (χ3v) is 3.06. The van der Waals surface area contributed by atoms with Crippen molar-refractivity contribution in [1.82, 2.24) is 5.32 Å². The van der Waals surface area contributed by atoms with Crippen molar-refractivity contribution in [2.75, 3.05) is 11.9 Å². The van der Waals surface area contributed by atoms with Gasteiger partial charge in [-0.1, -0.05) is 32.4 Å². The number of halogens is 1. The monoisotopic (exact) mass is 284 g/mol. The molecule has 5 heteroatoms. The fraction of sp³-hybridized carbons (Fsp3) is 0.500. The first-order chi connectivity index (χ1) is 8.79. The van der Waals surface area contributed by atoms with E-state index in [1.807, 2.05) is 20.8 Å². The lowest BCUT2D eigenvalue weighted by Crippen LogP contribution is -2.34. The maximum absolute atomic E-state index is 11.6. The molecule has 1 aromatic carbocycles. The zero-order valence-electron chi connectivity index (χ0n) is 11.5. The molecule has 0 bridgehead atoms. The van der Waals surface area contributed by atoms with Gasteiger partial charge in [-0.3, -0.25) is 0 Å². The summed E-state index contributed by atoms with van der Waals surface area (Å²) in [6.07, 6.45) is 0.0840. The van der Waals surface area contributed by atoms with Gasteiger partial charge in [-0.2, -0.15) is 0 Å². The van der Waals surface area contributed by atoms with Crippen molar-refractivity contribution in [3.63, 3.8) is 0 Å². The number of carbonyl (C=O) groups is 1. The van der Waals surface area contributed by atoms with Crippen LogP contribution in [-0.4, -0.2) is 23.8 Å². The molecule has 3 N–H and O–H groups in total. The molecule has 0 aliphatic rings. The first-order valence-electron chi connectivity index (χ1n) is 6.27.